The van der Waals surface area contributed by atoms with Crippen molar-refractivity contribution in [2.75, 3.05) is 36.4 Å². The number of hydrogen-bond acceptors (Lipinski definition) is 4. The Kier molecular flexibility index (Phi) is 4.48. The molecule has 2 heterocycles. The van der Waals surface area contributed by atoms with Gasteiger partial charge in [0.15, 0.2) is 0 Å². The van der Waals surface area contributed by atoms with Crippen molar-refractivity contribution in [1.82, 2.24) is 4.90 Å². The molecule has 0 aromatic heterocycles. The largest absolute Gasteiger partial charge is 0.415 e. The summed E-state index contributed by atoms with van der Waals surface area (Å²) in [5, 5.41) is 2.91. The molecule has 2 aromatic carbocycles. The molecule has 26 heavy (non-hydrogen) atoms. The molecule has 2 aliphatic heterocycles. The summed E-state index contributed by atoms with van der Waals surface area (Å²) in [6.07, 6.45) is 1.01. The number of aryl methyl sites for hydroxylation is 1. The second-order valence-electron chi connectivity index (χ2n) is 6.54. The zero-order chi connectivity index (χ0) is 17.9. The maximum absolute atomic E-state index is 12.3. The van der Waals surface area contributed by atoms with E-state index >= 15 is 0 Å². The van der Waals surface area contributed by atoms with E-state index in [9.17, 15) is 9.59 Å². The number of anilines is 2. The monoisotopic (exact) mass is 351 g/mol. The number of amides is 2. The summed E-state index contributed by atoms with van der Waals surface area (Å²) in [6.45, 7) is 2.77. The van der Waals surface area contributed by atoms with Crippen molar-refractivity contribution in [2.24, 2.45) is 0 Å². The summed E-state index contributed by atoms with van der Waals surface area (Å²) < 4.78 is 5.41. The summed E-state index contributed by atoms with van der Waals surface area (Å²) in [7, 11) is 0. The number of carbonyl (C=O) groups is 2. The highest BCUT2D eigenvalue weighted by atomic mass is 16.6. The lowest BCUT2D eigenvalue weighted by molar-refractivity contribution is -0.116. The standard InChI is InChI=1S/C20H21N3O3/c24-19-9-6-15-14-16(7-8-18(15)21-19)22-10-12-23(13-11-22)20(25)26-17-4-2-1-3-5-17/h1-5,7-8,14H,6,9-13H2,(H,21,24). The summed E-state index contributed by atoms with van der Waals surface area (Å²) in [4.78, 5) is 27.8. The Morgan fingerprint density at radius 1 is 0.962 bits per heavy atom. The summed E-state index contributed by atoms with van der Waals surface area (Å²) in [5.41, 5.74) is 3.22. The number of fused-ring (bicyclic) bond motifs is 1. The number of rotatable bonds is 2. The fourth-order valence-electron chi connectivity index (χ4n) is 3.37. The van der Waals surface area contributed by atoms with E-state index in [4.69, 9.17) is 4.74 Å². The Hall–Kier alpha value is -3.02. The molecule has 2 amide bonds. The van der Waals surface area contributed by atoms with Crippen LogP contribution in [0.3, 0.4) is 0 Å². The van der Waals surface area contributed by atoms with Crippen molar-refractivity contribution >= 4 is 23.4 Å². The van der Waals surface area contributed by atoms with Crippen LogP contribution in [0.1, 0.15) is 12.0 Å². The van der Waals surface area contributed by atoms with Gasteiger partial charge in [0, 0.05) is 44.0 Å². The third-order valence-corrected chi connectivity index (χ3v) is 4.84. The van der Waals surface area contributed by atoms with Crippen LogP contribution in [0.5, 0.6) is 5.75 Å². The van der Waals surface area contributed by atoms with Gasteiger partial charge >= 0.3 is 6.09 Å². The van der Waals surface area contributed by atoms with Crippen LogP contribution in [0.2, 0.25) is 0 Å². The Morgan fingerprint density at radius 3 is 2.50 bits per heavy atom. The van der Waals surface area contributed by atoms with Crippen molar-refractivity contribution in [3.8, 4) is 5.75 Å². The predicted molar refractivity (Wildman–Crippen MR) is 99.6 cm³/mol. The molecule has 0 radical (unpaired) electrons. The highest BCUT2D eigenvalue weighted by molar-refractivity contribution is 5.94. The Morgan fingerprint density at radius 2 is 1.73 bits per heavy atom. The van der Waals surface area contributed by atoms with Gasteiger partial charge in [-0.25, -0.2) is 4.79 Å². The summed E-state index contributed by atoms with van der Waals surface area (Å²) in [5.74, 6) is 0.646. The van der Waals surface area contributed by atoms with Crippen molar-refractivity contribution in [3.05, 3.63) is 54.1 Å². The third kappa shape index (κ3) is 3.49. The summed E-state index contributed by atoms with van der Waals surface area (Å²) in [6, 6.07) is 15.3. The van der Waals surface area contributed by atoms with Crippen LogP contribution in [-0.2, 0) is 11.2 Å². The van der Waals surface area contributed by atoms with Gasteiger partial charge in [-0.15, -0.1) is 0 Å². The average molecular weight is 351 g/mol. The van der Waals surface area contributed by atoms with Crippen LogP contribution in [0.15, 0.2) is 48.5 Å². The number of ether oxygens (including phenoxy) is 1. The minimum absolute atomic E-state index is 0.0794. The van der Waals surface area contributed by atoms with E-state index in [1.807, 2.05) is 30.3 Å². The van der Waals surface area contributed by atoms with E-state index in [-0.39, 0.29) is 12.0 Å². The number of nitrogens with one attached hydrogen (secondary N) is 1. The van der Waals surface area contributed by atoms with E-state index in [1.165, 1.54) is 5.56 Å². The number of hydrogen-bond donors (Lipinski definition) is 1. The SMILES string of the molecule is O=C1CCc2cc(N3CCN(C(=O)Oc4ccccc4)CC3)ccc2N1. The second kappa shape index (κ2) is 7.07. The molecule has 2 aromatic rings. The zero-order valence-electron chi connectivity index (χ0n) is 14.5. The molecular weight excluding hydrogens is 330 g/mol. The molecule has 0 spiro atoms. The summed E-state index contributed by atoms with van der Waals surface area (Å²) >= 11 is 0. The van der Waals surface area contributed by atoms with Crippen LogP contribution in [0.25, 0.3) is 0 Å². The number of carbonyl (C=O) groups excluding carboxylic acids is 2. The first-order valence-corrected chi connectivity index (χ1v) is 8.88. The maximum atomic E-state index is 12.3. The molecule has 1 fully saturated rings. The van der Waals surface area contributed by atoms with Gasteiger partial charge in [0.1, 0.15) is 5.75 Å². The number of nitrogens with zero attached hydrogens (tertiary/aromatic N) is 2. The first-order chi connectivity index (χ1) is 12.7. The van der Waals surface area contributed by atoms with Crippen molar-refractivity contribution in [2.45, 2.75) is 12.8 Å². The fourth-order valence-corrected chi connectivity index (χ4v) is 3.37. The molecule has 0 unspecified atom stereocenters. The molecule has 2 aliphatic rings. The van der Waals surface area contributed by atoms with E-state index in [2.05, 4.69) is 16.3 Å². The van der Waals surface area contributed by atoms with Crippen LogP contribution in [0.4, 0.5) is 16.2 Å². The lowest BCUT2D eigenvalue weighted by Crippen LogP contribution is -2.49. The van der Waals surface area contributed by atoms with Gasteiger partial charge in [0.2, 0.25) is 5.91 Å². The first-order valence-electron chi connectivity index (χ1n) is 8.88. The Balaban J connectivity index is 1.36. The Bertz CT molecular complexity index is 814. The van der Waals surface area contributed by atoms with E-state index in [0.29, 0.717) is 25.3 Å². The highest BCUT2D eigenvalue weighted by Crippen LogP contribution is 2.28. The average Bonchev–Trinajstić information content (AvgIpc) is 2.68. The molecule has 1 N–H and O–H groups in total. The van der Waals surface area contributed by atoms with Crippen LogP contribution >= 0.6 is 0 Å². The van der Waals surface area contributed by atoms with Crippen LogP contribution in [-0.4, -0.2) is 43.1 Å². The highest BCUT2D eigenvalue weighted by Gasteiger charge is 2.24. The lowest BCUT2D eigenvalue weighted by atomic mass is 10.0. The van der Waals surface area contributed by atoms with E-state index in [1.54, 1.807) is 17.0 Å². The van der Waals surface area contributed by atoms with Crippen molar-refractivity contribution in [3.63, 3.8) is 0 Å². The molecule has 134 valence electrons. The van der Waals surface area contributed by atoms with Crippen molar-refractivity contribution < 1.29 is 14.3 Å². The molecular formula is C20H21N3O3. The third-order valence-electron chi connectivity index (χ3n) is 4.84. The minimum atomic E-state index is -0.302. The predicted octanol–water partition coefficient (Wildman–Crippen LogP) is 2.89. The maximum Gasteiger partial charge on any atom is 0.415 e. The molecule has 0 saturated carbocycles. The zero-order valence-corrected chi connectivity index (χ0v) is 14.5. The van der Waals surface area contributed by atoms with E-state index < -0.39 is 0 Å². The van der Waals surface area contributed by atoms with E-state index in [0.717, 1.165) is 30.9 Å². The number of piperazine rings is 1. The van der Waals surface area contributed by atoms with Gasteiger partial charge in [-0.05, 0) is 42.3 Å². The number of benzene rings is 2. The lowest BCUT2D eigenvalue weighted by Gasteiger charge is -2.36. The molecule has 1 saturated heterocycles. The topological polar surface area (TPSA) is 61.9 Å². The minimum Gasteiger partial charge on any atom is -0.410 e. The first kappa shape index (κ1) is 16.4. The molecule has 6 heteroatoms. The second-order valence-corrected chi connectivity index (χ2v) is 6.54. The molecule has 4 rings (SSSR count). The van der Waals surface area contributed by atoms with Gasteiger partial charge < -0.3 is 19.9 Å². The normalized spacial score (nSPS) is 16.7. The molecule has 0 atom stereocenters. The van der Waals surface area contributed by atoms with Crippen molar-refractivity contribution in [1.29, 1.82) is 0 Å². The molecule has 6 nitrogen and oxygen atoms in total. The van der Waals surface area contributed by atoms with Gasteiger partial charge in [-0.1, -0.05) is 18.2 Å². The quantitative estimate of drug-likeness (QED) is 0.904. The van der Waals surface area contributed by atoms with Gasteiger partial charge in [-0.3, -0.25) is 4.79 Å². The number of para-hydroxylation sites is 1. The fraction of sp³-hybridized carbons (Fsp3) is 0.300. The smallest absolute Gasteiger partial charge is 0.410 e. The van der Waals surface area contributed by atoms with Gasteiger partial charge in [0.25, 0.3) is 0 Å². The van der Waals surface area contributed by atoms with Crippen LogP contribution < -0.4 is 15.0 Å². The molecule has 0 aliphatic carbocycles. The van der Waals surface area contributed by atoms with Gasteiger partial charge in [0.05, 0.1) is 0 Å². The van der Waals surface area contributed by atoms with Gasteiger partial charge in [-0.2, -0.15) is 0 Å². The molecule has 0 bridgehead atoms. The van der Waals surface area contributed by atoms with Crippen LogP contribution in [0, 0.1) is 0 Å². The Labute approximate surface area is 152 Å².